The molecule has 0 fully saturated rings. The number of halogens is 2. The van der Waals surface area contributed by atoms with Crippen LogP contribution in [0.4, 0.5) is 5.69 Å². The van der Waals surface area contributed by atoms with E-state index >= 15 is 0 Å². The lowest BCUT2D eigenvalue weighted by atomic mass is 10.2. The second kappa shape index (κ2) is 9.70. The van der Waals surface area contributed by atoms with Crippen molar-refractivity contribution < 1.29 is 18.4 Å². The zero-order valence-electron chi connectivity index (χ0n) is 14.2. The van der Waals surface area contributed by atoms with Gasteiger partial charge in [0.1, 0.15) is 5.75 Å². The zero-order chi connectivity index (χ0) is 19.2. The van der Waals surface area contributed by atoms with Gasteiger partial charge in [0.2, 0.25) is 0 Å². The first-order valence-corrected chi connectivity index (χ1v) is 11.1. The van der Waals surface area contributed by atoms with Gasteiger partial charge in [0, 0.05) is 33.6 Å². The van der Waals surface area contributed by atoms with Crippen LogP contribution in [0, 0.1) is 0 Å². The predicted molar refractivity (Wildman–Crippen MR) is 109 cm³/mol. The predicted octanol–water partition coefficient (Wildman–Crippen LogP) is 5.92. The average molecular weight is 434 g/mol. The van der Waals surface area contributed by atoms with E-state index in [1.54, 1.807) is 50.2 Å². The first-order chi connectivity index (χ1) is 12.4. The van der Waals surface area contributed by atoms with E-state index in [4.69, 9.17) is 48.6 Å². The van der Waals surface area contributed by atoms with Crippen LogP contribution < -0.4 is 9.84 Å². The third-order valence-electron chi connectivity index (χ3n) is 3.07. The van der Waals surface area contributed by atoms with Crippen LogP contribution in [-0.2, 0) is 20.9 Å². The summed E-state index contributed by atoms with van der Waals surface area (Å²) in [5.74, 6) is -0.178. The van der Waals surface area contributed by atoms with Gasteiger partial charge >= 0.3 is 6.72 Å². The molecular weight excluding hydrogens is 416 g/mol. The number of hydrogen-bond donors (Lipinski definition) is 1. The highest BCUT2D eigenvalue weighted by Gasteiger charge is 2.25. The van der Waals surface area contributed by atoms with Gasteiger partial charge in [-0.05, 0) is 50.2 Å². The maximum Gasteiger partial charge on any atom is 0.380 e. The van der Waals surface area contributed by atoms with Gasteiger partial charge in [0.05, 0.1) is 18.8 Å². The minimum atomic E-state index is -3.04. The van der Waals surface area contributed by atoms with Crippen molar-refractivity contribution in [2.24, 2.45) is 0 Å². The number of anilines is 1. The van der Waals surface area contributed by atoms with Gasteiger partial charge < -0.3 is 9.84 Å². The summed E-state index contributed by atoms with van der Waals surface area (Å²) < 4.78 is 16.7. The zero-order valence-corrected chi connectivity index (χ0v) is 17.4. The molecule has 0 radical (unpaired) electrons. The molecule has 0 heterocycles. The molecule has 0 bridgehead atoms. The molecule has 26 heavy (non-hydrogen) atoms. The maximum absolute atomic E-state index is 12.7. The Labute approximate surface area is 167 Å². The Morgan fingerprint density at radius 1 is 1.04 bits per heavy atom. The molecule has 1 N–H and O–H groups in total. The Kier molecular flexibility index (Phi) is 7.89. The molecule has 9 heteroatoms. The van der Waals surface area contributed by atoms with Crippen molar-refractivity contribution >= 4 is 53.3 Å². The molecule has 0 aliphatic heterocycles. The lowest BCUT2D eigenvalue weighted by Crippen LogP contribution is -2.14. The van der Waals surface area contributed by atoms with Crippen molar-refractivity contribution in [3.63, 3.8) is 0 Å². The van der Waals surface area contributed by atoms with Crippen LogP contribution >= 0.6 is 29.9 Å². The molecule has 0 aromatic heterocycles. The van der Waals surface area contributed by atoms with Crippen LogP contribution in [0.5, 0.6) is 5.75 Å². The Morgan fingerprint density at radius 2 is 1.62 bits per heavy atom. The fourth-order valence-electron chi connectivity index (χ4n) is 2.02. The topological polar surface area (TPSA) is 56.8 Å². The highest BCUT2D eigenvalue weighted by atomic mass is 35.5. The molecule has 2 aromatic carbocycles. The van der Waals surface area contributed by atoms with E-state index in [2.05, 4.69) is 5.32 Å². The highest BCUT2D eigenvalue weighted by Crippen LogP contribution is 2.50. The number of carbonyl (C=O) groups is 1. The van der Waals surface area contributed by atoms with Crippen LogP contribution in [0.25, 0.3) is 0 Å². The number of carbonyl (C=O) groups excluding carboxylic acids is 1. The largest absolute Gasteiger partial charge is 0.423 e. The summed E-state index contributed by atoms with van der Waals surface area (Å²) in [7, 11) is 0. The molecule has 0 spiro atoms. The van der Waals surface area contributed by atoms with Crippen LogP contribution in [0.15, 0.2) is 42.5 Å². The van der Waals surface area contributed by atoms with Crippen molar-refractivity contribution in [1.82, 2.24) is 0 Å². The Hall–Kier alpha value is -1.14. The lowest BCUT2D eigenvalue weighted by Gasteiger charge is -2.22. The number of nitrogens with one attached hydrogen (secondary N) is 1. The Balaban J connectivity index is 2.29. The second-order valence-corrected chi connectivity index (χ2v) is 8.78. The van der Waals surface area contributed by atoms with Crippen molar-refractivity contribution in [3.05, 3.63) is 58.1 Å². The smallest absolute Gasteiger partial charge is 0.380 e. The van der Waals surface area contributed by atoms with Gasteiger partial charge in [-0.1, -0.05) is 23.2 Å². The summed E-state index contributed by atoms with van der Waals surface area (Å²) in [4.78, 5) is 12.7. The number of hydrogen-bond acceptors (Lipinski definition) is 5. The fourth-order valence-corrected chi connectivity index (χ4v) is 4.38. The van der Waals surface area contributed by atoms with Gasteiger partial charge in [-0.3, -0.25) is 13.8 Å². The maximum atomic E-state index is 12.7. The van der Waals surface area contributed by atoms with E-state index in [1.807, 2.05) is 0 Å². The third kappa shape index (κ3) is 5.95. The fraction of sp³-hybridized carbons (Fsp3) is 0.235. The third-order valence-corrected chi connectivity index (χ3v) is 5.99. The first-order valence-electron chi connectivity index (χ1n) is 7.82. The van der Waals surface area contributed by atoms with Crippen LogP contribution in [0.3, 0.4) is 0 Å². The summed E-state index contributed by atoms with van der Waals surface area (Å²) >= 11 is 17.3. The van der Waals surface area contributed by atoms with Gasteiger partial charge in [0.25, 0.3) is 5.91 Å². The number of benzene rings is 2. The first kappa shape index (κ1) is 21.2. The number of amides is 1. The van der Waals surface area contributed by atoms with Gasteiger partial charge in [-0.2, -0.15) is 0 Å². The molecule has 2 aromatic rings. The molecule has 0 aliphatic carbocycles. The molecule has 0 saturated carbocycles. The number of rotatable bonds is 8. The summed E-state index contributed by atoms with van der Waals surface area (Å²) in [5, 5.41) is 3.75. The summed E-state index contributed by atoms with van der Waals surface area (Å²) in [6.45, 7) is 1.18. The summed E-state index contributed by atoms with van der Waals surface area (Å²) in [6.07, 6.45) is 0. The van der Waals surface area contributed by atoms with Gasteiger partial charge in [-0.15, -0.1) is 0 Å². The Bertz CT molecular complexity index is 807. The SMILES string of the molecule is CCOP(=S)(OCC)Oc1cc(Cl)ccc1C(=O)Nc1ccc(Cl)cc1. The van der Waals surface area contributed by atoms with E-state index in [9.17, 15) is 4.79 Å². The molecule has 0 unspecified atom stereocenters. The summed E-state index contributed by atoms with van der Waals surface area (Å²) in [5.41, 5.74) is 0.854. The Morgan fingerprint density at radius 3 is 2.19 bits per heavy atom. The molecule has 1 amide bonds. The highest BCUT2D eigenvalue weighted by molar-refractivity contribution is 8.07. The van der Waals surface area contributed by atoms with E-state index in [0.29, 0.717) is 28.9 Å². The molecule has 5 nitrogen and oxygen atoms in total. The van der Waals surface area contributed by atoms with E-state index in [-0.39, 0.29) is 17.2 Å². The van der Waals surface area contributed by atoms with E-state index in [0.717, 1.165) is 0 Å². The van der Waals surface area contributed by atoms with Crippen molar-refractivity contribution in [1.29, 1.82) is 0 Å². The standard InChI is InChI=1S/C17H18Cl2NO4PS/c1-3-22-25(26,23-4-2)24-16-11-13(19)7-10-15(16)17(21)20-14-8-5-12(18)6-9-14/h5-11H,3-4H2,1-2H3,(H,20,21). The molecule has 2 rings (SSSR count). The van der Waals surface area contributed by atoms with E-state index < -0.39 is 6.72 Å². The van der Waals surface area contributed by atoms with Crippen LogP contribution in [0.1, 0.15) is 24.2 Å². The normalized spacial score (nSPS) is 11.2. The van der Waals surface area contributed by atoms with Crippen molar-refractivity contribution in [2.75, 3.05) is 18.5 Å². The average Bonchev–Trinajstić information content (AvgIpc) is 2.57. The molecule has 0 atom stereocenters. The van der Waals surface area contributed by atoms with Crippen LogP contribution in [0.2, 0.25) is 10.0 Å². The monoisotopic (exact) mass is 433 g/mol. The van der Waals surface area contributed by atoms with Crippen molar-refractivity contribution in [3.8, 4) is 5.75 Å². The van der Waals surface area contributed by atoms with Gasteiger partial charge in [-0.25, -0.2) is 0 Å². The molecule has 0 aliphatic rings. The minimum Gasteiger partial charge on any atom is -0.423 e. The molecular formula is C17H18Cl2NO4PS. The van der Waals surface area contributed by atoms with Gasteiger partial charge in [0.15, 0.2) is 0 Å². The van der Waals surface area contributed by atoms with E-state index in [1.165, 1.54) is 6.07 Å². The quantitative estimate of drug-likeness (QED) is 0.523. The second-order valence-electron chi connectivity index (χ2n) is 4.98. The molecule has 140 valence electrons. The van der Waals surface area contributed by atoms with Crippen LogP contribution in [-0.4, -0.2) is 19.1 Å². The minimum absolute atomic E-state index is 0.203. The molecule has 0 saturated heterocycles. The van der Waals surface area contributed by atoms with Crippen molar-refractivity contribution in [2.45, 2.75) is 13.8 Å². The lowest BCUT2D eigenvalue weighted by molar-refractivity contribution is 0.102. The summed E-state index contributed by atoms with van der Waals surface area (Å²) in [6, 6.07) is 11.4.